The number of rotatable bonds is 8. The van der Waals surface area contributed by atoms with Crippen LogP contribution in [-0.2, 0) is 16.0 Å². The number of aryl methyl sites for hydroxylation is 1. The second-order valence-corrected chi connectivity index (χ2v) is 4.94. The standard InChI is InChI=1S/C12H20N2O3S/c1-4-14(9(2)7-17-3)12-13-10(8-18-12)5-6-11(15)16/h8-9H,4-7H2,1-3H3,(H,15,16). The fourth-order valence-corrected chi connectivity index (χ4v) is 2.77. The predicted molar refractivity (Wildman–Crippen MR) is 72.4 cm³/mol. The lowest BCUT2D eigenvalue weighted by Gasteiger charge is -2.26. The Bertz CT molecular complexity index is 381. The fourth-order valence-electron chi connectivity index (χ4n) is 1.74. The first kappa shape index (κ1) is 14.9. The van der Waals surface area contributed by atoms with E-state index in [4.69, 9.17) is 9.84 Å². The maximum absolute atomic E-state index is 10.5. The van der Waals surface area contributed by atoms with Crippen LogP contribution < -0.4 is 4.90 Å². The third-order valence-corrected chi connectivity index (χ3v) is 3.59. The van der Waals surface area contributed by atoms with Crippen LogP contribution in [0.3, 0.4) is 0 Å². The van der Waals surface area contributed by atoms with Crippen LogP contribution >= 0.6 is 11.3 Å². The van der Waals surface area contributed by atoms with Crippen molar-refractivity contribution < 1.29 is 14.6 Å². The van der Waals surface area contributed by atoms with Gasteiger partial charge in [-0.2, -0.15) is 0 Å². The second-order valence-electron chi connectivity index (χ2n) is 4.11. The molecule has 0 saturated heterocycles. The van der Waals surface area contributed by atoms with Crippen LogP contribution in [0.25, 0.3) is 0 Å². The highest BCUT2D eigenvalue weighted by Gasteiger charge is 2.16. The van der Waals surface area contributed by atoms with Crippen molar-refractivity contribution in [1.29, 1.82) is 0 Å². The highest BCUT2D eigenvalue weighted by Crippen LogP contribution is 2.23. The van der Waals surface area contributed by atoms with E-state index in [2.05, 4.69) is 23.7 Å². The van der Waals surface area contributed by atoms with Gasteiger partial charge in [0, 0.05) is 25.5 Å². The number of thiazole rings is 1. The molecule has 5 nitrogen and oxygen atoms in total. The molecule has 1 aromatic rings. The van der Waals surface area contributed by atoms with E-state index in [1.165, 1.54) is 0 Å². The molecule has 0 fully saturated rings. The van der Waals surface area contributed by atoms with Crippen molar-refractivity contribution in [3.05, 3.63) is 11.1 Å². The molecule has 1 heterocycles. The quantitative estimate of drug-likeness (QED) is 0.784. The van der Waals surface area contributed by atoms with Crippen LogP contribution in [0.5, 0.6) is 0 Å². The zero-order valence-corrected chi connectivity index (χ0v) is 11.9. The van der Waals surface area contributed by atoms with Gasteiger partial charge >= 0.3 is 5.97 Å². The number of carboxylic acid groups (broad SMARTS) is 1. The van der Waals surface area contributed by atoms with Gasteiger partial charge in [-0.1, -0.05) is 0 Å². The molecule has 0 aliphatic rings. The largest absolute Gasteiger partial charge is 0.481 e. The van der Waals surface area contributed by atoms with Gasteiger partial charge in [0.25, 0.3) is 0 Å². The van der Waals surface area contributed by atoms with Crippen molar-refractivity contribution in [2.75, 3.05) is 25.2 Å². The van der Waals surface area contributed by atoms with E-state index in [0.717, 1.165) is 17.4 Å². The summed E-state index contributed by atoms with van der Waals surface area (Å²) >= 11 is 1.55. The SMILES string of the molecule is CCN(c1nc(CCC(=O)O)cs1)C(C)COC. The van der Waals surface area contributed by atoms with E-state index < -0.39 is 5.97 Å². The van der Waals surface area contributed by atoms with E-state index in [1.807, 2.05) is 5.38 Å². The smallest absolute Gasteiger partial charge is 0.303 e. The topological polar surface area (TPSA) is 62.7 Å². The summed E-state index contributed by atoms with van der Waals surface area (Å²) in [5.74, 6) is -0.787. The van der Waals surface area contributed by atoms with Gasteiger partial charge in [-0.3, -0.25) is 4.79 Å². The number of ether oxygens (including phenoxy) is 1. The molecular formula is C12H20N2O3S. The Labute approximate surface area is 111 Å². The molecule has 1 N–H and O–H groups in total. The first-order chi connectivity index (χ1) is 8.58. The number of aliphatic carboxylic acids is 1. The lowest BCUT2D eigenvalue weighted by atomic mass is 10.2. The van der Waals surface area contributed by atoms with Crippen LogP contribution in [0.1, 0.15) is 26.0 Å². The number of hydrogen-bond acceptors (Lipinski definition) is 5. The Morgan fingerprint density at radius 3 is 2.94 bits per heavy atom. The summed E-state index contributed by atoms with van der Waals surface area (Å²) in [4.78, 5) is 17.2. The number of nitrogens with zero attached hydrogens (tertiary/aromatic N) is 2. The summed E-state index contributed by atoms with van der Waals surface area (Å²) in [6.07, 6.45) is 0.616. The Morgan fingerprint density at radius 1 is 1.67 bits per heavy atom. The van der Waals surface area contributed by atoms with Crippen LogP contribution in [0.4, 0.5) is 5.13 Å². The molecule has 1 aromatic heterocycles. The minimum atomic E-state index is -0.787. The van der Waals surface area contributed by atoms with E-state index in [1.54, 1.807) is 18.4 Å². The average molecular weight is 272 g/mol. The lowest BCUT2D eigenvalue weighted by Crippen LogP contribution is -2.36. The number of methoxy groups -OCH3 is 1. The molecule has 0 aliphatic heterocycles. The highest BCUT2D eigenvalue weighted by molar-refractivity contribution is 7.13. The van der Waals surface area contributed by atoms with Crippen LogP contribution in [0.15, 0.2) is 5.38 Å². The Kier molecular flexibility index (Phi) is 6.07. The molecule has 102 valence electrons. The number of likely N-dealkylation sites (N-methyl/N-ethyl adjacent to an activating group) is 1. The second kappa shape index (κ2) is 7.33. The molecule has 1 rings (SSSR count). The maximum Gasteiger partial charge on any atom is 0.303 e. The van der Waals surface area contributed by atoms with Crippen molar-refractivity contribution in [2.24, 2.45) is 0 Å². The fraction of sp³-hybridized carbons (Fsp3) is 0.667. The summed E-state index contributed by atoms with van der Waals surface area (Å²) in [6, 6.07) is 0.262. The van der Waals surface area contributed by atoms with Crippen LogP contribution in [-0.4, -0.2) is 42.4 Å². The monoisotopic (exact) mass is 272 g/mol. The van der Waals surface area contributed by atoms with Crippen molar-refractivity contribution in [3.8, 4) is 0 Å². The van der Waals surface area contributed by atoms with Gasteiger partial charge in [-0.15, -0.1) is 11.3 Å². The lowest BCUT2D eigenvalue weighted by molar-refractivity contribution is -0.136. The van der Waals surface area contributed by atoms with Gasteiger partial charge in [-0.25, -0.2) is 4.98 Å². The molecule has 6 heteroatoms. The van der Waals surface area contributed by atoms with E-state index in [-0.39, 0.29) is 12.5 Å². The average Bonchev–Trinajstić information content (AvgIpc) is 2.76. The van der Waals surface area contributed by atoms with Crippen molar-refractivity contribution in [3.63, 3.8) is 0 Å². The molecular weight excluding hydrogens is 252 g/mol. The number of hydrogen-bond donors (Lipinski definition) is 1. The summed E-state index contributed by atoms with van der Waals surface area (Å²) in [7, 11) is 1.68. The van der Waals surface area contributed by atoms with Gasteiger partial charge < -0.3 is 14.7 Å². The Morgan fingerprint density at radius 2 is 2.39 bits per heavy atom. The highest BCUT2D eigenvalue weighted by atomic mass is 32.1. The van der Waals surface area contributed by atoms with Gasteiger partial charge in [0.05, 0.1) is 24.8 Å². The van der Waals surface area contributed by atoms with Crippen LogP contribution in [0.2, 0.25) is 0 Å². The first-order valence-corrected chi connectivity index (χ1v) is 6.88. The summed E-state index contributed by atoms with van der Waals surface area (Å²) in [6.45, 7) is 5.67. The minimum Gasteiger partial charge on any atom is -0.481 e. The van der Waals surface area contributed by atoms with Gasteiger partial charge in [0.15, 0.2) is 5.13 Å². The summed E-state index contributed by atoms with van der Waals surface area (Å²) in [5, 5.41) is 11.5. The van der Waals surface area contributed by atoms with E-state index in [9.17, 15) is 4.79 Å². The number of anilines is 1. The molecule has 0 aromatic carbocycles. The van der Waals surface area contributed by atoms with Gasteiger partial charge in [-0.05, 0) is 13.8 Å². The van der Waals surface area contributed by atoms with E-state index in [0.29, 0.717) is 13.0 Å². The van der Waals surface area contributed by atoms with Crippen molar-refractivity contribution >= 4 is 22.4 Å². The molecule has 0 saturated carbocycles. The number of carboxylic acids is 1. The summed E-state index contributed by atoms with van der Waals surface area (Å²) in [5.41, 5.74) is 0.848. The third-order valence-electron chi connectivity index (χ3n) is 2.66. The first-order valence-electron chi connectivity index (χ1n) is 6.00. The summed E-state index contributed by atoms with van der Waals surface area (Å²) < 4.78 is 5.15. The Balaban J connectivity index is 2.66. The number of aromatic nitrogens is 1. The van der Waals surface area contributed by atoms with Gasteiger partial charge in [0.1, 0.15) is 0 Å². The minimum absolute atomic E-state index is 0.128. The zero-order valence-electron chi connectivity index (χ0n) is 11.0. The maximum atomic E-state index is 10.5. The zero-order chi connectivity index (χ0) is 13.5. The van der Waals surface area contributed by atoms with Crippen LogP contribution in [0, 0.1) is 0 Å². The molecule has 0 amide bonds. The Hall–Kier alpha value is -1.14. The molecule has 0 aliphatic carbocycles. The molecule has 18 heavy (non-hydrogen) atoms. The molecule has 0 bridgehead atoms. The molecule has 0 radical (unpaired) electrons. The van der Waals surface area contributed by atoms with Gasteiger partial charge in [0.2, 0.25) is 0 Å². The predicted octanol–water partition coefficient (Wildman–Crippen LogP) is 2.02. The normalized spacial score (nSPS) is 12.4. The third kappa shape index (κ3) is 4.27. The molecule has 1 unspecified atom stereocenters. The van der Waals surface area contributed by atoms with Crippen molar-refractivity contribution in [1.82, 2.24) is 4.98 Å². The van der Waals surface area contributed by atoms with Crippen molar-refractivity contribution in [2.45, 2.75) is 32.7 Å². The van der Waals surface area contributed by atoms with E-state index >= 15 is 0 Å². The molecule has 0 spiro atoms. The molecule has 1 atom stereocenters. The number of carbonyl (C=O) groups is 1.